The number of para-hydroxylation sites is 1. The summed E-state index contributed by atoms with van der Waals surface area (Å²) < 4.78 is 0. The van der Waals surface area contributed by atoms with Gasteiger partial charge in [-0.25, -0.2) is 5.10 Å². The lowest BCUT2D eigenvalue weighted by molar-refractivity contribution is -0.119. The van der Waals surface area contributed by atoms with E-state index in [0.29, 0.717) is 16.7 Å². The molecule has 1 aromatic carbocycles. The zero-order valence-electron chi connectivity index (χ0n) is 15.8. The van der Waals surface area contributed by atoms with E-state index in [1.165, 1.54) is 0 Å². The summed E-state index contributed by atoms with van der Waals surface area (Å²) in [5.41, 5.74) is 1.32. The summed E-state index contributed by atoms with van der Waals surface area (Å²) in [6, 6.07) is 13.8. The number of fused-ring (bicyclic) bond motifs is 1. The van der Waals surface area contributed by atoms with Gasteiger partial charge in [0.05, 0.1) is 5.39 Å². The summed E-state index contributed by atoms with van der Waals surface area (Å²) >= 11 is 0. The van der Waals surface area contributed by atoms with Gasteiger partial charge in [0, 0.05) is 30.9 Å². The summed E-state index contributed by atoms with van der Waals surface area (Å²) in [7, 11) is 0. The number of carbonyl (C=O) groups is 1. The Hall–Kier alpha value is -3.22. The van der Waals surface area contributed by atoms with Crippen LogP contribution in [0.2, 0.25) is 0 Å². The molecule has 4 rings (SSSR count). The van der Waals surface area contributed by atoms with Gasteiger partial charge >= 0.3 is 0 Å². The Bertz CT molecular complexity index is 1030. The number of pyridine rings is 1. The van der Waals surface area contributed by atoms with E-state index in [2.05, 4.69) is 25.4 Å². The highest BCUT2D eigenvalue weighted by atomic mass is 16.1. The molecule has 7 heteroatoms. The van der Waals surface area contributed by atoms with E-state index in [-0.39, 0.29) is 23.6 Å². The molecule has 0 spiro atoms. The molecule has 0 radical (unpaired) electrons. The average molecular weight is 377 g/mol. The molecule has 1 amide bonds. The van der Waals surface area contributed by atoms with Crippen LogP contribution in [0.1, 0.15) is 32.6 Å². The molecule has 3 aromatic rings. The fourth-order valence-electron chi connectivity index (χ4n) is 4.06. The van der Waals surface area contributed by atoms with Crippen molar-refractivity contribution < 1.29 is 4.79 Å². The Morgan fingerprint density at radius 2 is 2.00 bits per heavy atom. The number of aromatic nitrogens is 3. The number of anilines is 2. The van der Waals surface area contributed by atoms with Gasteiger partial charge in [0.15, 0.2) is 5.82 Å². The summed E-state index contributed by atoms with van der Waals surface area (Å²) in [4.78, 5) is 30.4. The van der Waals surface area contributed by atoms with Gasteiger partial charge in [-0.05, 0) is 49.9 Å². The third-order valence-corrected chi connectivity index (χ3v) is 5.21. The van der Waals surface area contributed by atoms with Crippen LogP contribution >= 0.6 is 0 Å². The highest BCUT2D eigenvalue weighted by Crippen LogP contribution is 2.35. The Morgan fingerprint density at radius 3 is 2.79 bits per heavy atom. The van der Waals surface area contributed by atoms with Crippen molar-refractivity contribution in [2.45, 2.75) is 44.7 Å². The molecule has 2 N–H and O–H groups in total. The van der Waals surface area contributed by atoms with E-state index in [1.807, 2.05) is 30.3 Å². The number of carbonyl (C=O) groups excluding carboxylic acids is 1. The number of aromatic amines is 1. The maximum Gasteiger partial charge on any atom is 0.273 e. The molecule has 2 atom stereocenters. The van der Waals surface area contributed by atoms with Gasteiger partial charge < -0.3 is 10.2 Å². The van der Waals surface area contributed by atoms with Crippen molar-refractivity contribution in [1.82, 2.24) is 20.5 Å². The number of hydrogen-bond acceptors (Lipinski definition) is 5. The van der Waals surface area contributed by atoms with Crippen LogP contribution in [0.5, 0.6) is 0 Å². The highest BCUT2D eigenvalue weighted by Gasteiger charge is 2.30. The summed E-state index contributed by atoms with van der Waals surface area (Å²) in [5, 5.41) is 10.6. The van der Waals surface area contributed by atoms with Gasteiger partial charge in [-0.2, -0.15) is 5.10 Å². The second-order valence-electron chi connectivity index (χ2n) is 7.20. The van der Waals surface area contributed by atoms with Crippen LogP contribution < -0.4 is 15.8 Å². The van der Waals surface area contributed by atoms with Crippen LogP contribution in [0.15, 0.2) is 53.5 Å². The Labute approximate surface area is 162 Å². The maximum absolute atomic E-state index is 12.2. The number of nitrogens with one attached hydrogen (secondary N) is 2. The first kappa shape index (κ1) is 18.2. The summed E-state index contributed by atoms with van der Waals surface area (Å²) in [6.45, 7) is 1.56. The van der Waals surface area contributed by atoms with E-state index in [1.54, 1.807) is 25.3 Å². The first-order chi connectivity index (χ1) is 13.6. The summed E-state index contributed by atoms with van der Waals surface area (Å²) in [5.74, 6) is 0.626. The average Bonchev–Trinajstić information content (AvgIpc) is 2.71. The SMILES string of the molecule is CC(=O)NC1CCCC(N(c2ccccc2)c2n[nH]c(=O)c3cccnc23)C1. The largest absolute Gasteiger partial charge is 0.354 e. The first-order valence-electron chi connectivity index (χ1n) is 9.58. The Kier molecular flexibility index (Phi) is 5.06. The smallest absolute Gasteiger partial charge is 0.273 e. The van der Waals surface area contributed by atoms with E-state index in [4.69, 9.17) is 0 Å². The molecule has 2 heterocycles. The van der Waals surface area contributed by atoms with Gasteiger partial charge in [-0.3, -0.25) is 14.6 Å². The maximum atomic E-state index is 12.2. The van der Waals surface area contributed by atoms with Crippen molar-refractivity contribution in [3.05, 3.63) is 59.0 Å². The van der Waals surface area contributed by atoms with E-state index < -0.39 is 0 Å². The van der Waals surface area contributed by atoms with Gasteiger partial charge in [0.1, 0.15) is 5.52 Å². The molecule has 2 unspecified atom stereocenters. The van der Waals surface area contributed by atoms with Crippen molar-refractivity contribution in [2.75, 3.05) is 4.90 Å². The molecular formula is C21H23N5O2. The van der Waals surface area contributed by atoms with E-state index in [9.17, 15) is 9.59 Å². The molecule has 1 fully saturated rings. The molecule has 0 saturated heterocycles. The van der Waals surface area contributed by atoms with Crippen molar-refractivity contribution in [3.8, 4) is 0 Å². The number of H-pyrrole nitrogens is 1. The number of rotatable bonds is 4. The standard InChI is InChI=1S/C21H23N5O2/c1-14(27)23-15-7-5-10-17(13-15)26(16-8-3-2-4-9-16)20-19-18(11-6-12-22-19)21(28)25-24-20/h2-4,6,8-9,11-12,15,17H,5,7,10,13H2,1H3,(H,23,27)(H,25,28). The number of hydrogen-bond donors (Lipinski definition) is 2. The Balaban J connectivity index is 1.81. The van der Waals surface area contributed by atoms with Crippen LogP contribution in [0.3, 0.4) is 0 Å². The quantitative estimate of drug-likeness (QED) is 0.729. The van der Waals surface area contributed by atoms with Crippen LogP contribution in [0.4, 0.5) is 11.5 Å². The minimum atomic E-state index is -0.250. The minimum Gasteiger partial charge on any atom is -0.354 e. The highest BCUT2D eigenvalue weighted by molar-refractivity contribution is 5.89. The monoisotopic (exact) mass is 377 g/mol. The zero-order valence-corrected chi connectivity index (χ0v) is 15.8. The van der Waals surface area contributed by atoms with Gasteiger partial charge in [0.25, 0.3) is 5.56 Å². The van der Waals surface area contributed by atoms with Crippen molar-refractivity contribution >= 4 is 28.3 Å². The van der Waals surface area contributed by atoms with Crippen LogP contribution in [0.25, 0.3) is 10.9 Å². The summed E-state index contributed by atoms with van der Waals surface area (Å²) in [6.07, 6.45) is 5.44. The first-order valence-corrected chi connectivity index (χ1v) is 9.58. The molecule has 2 aromatic heterocycles. The second kappa shape index (κ2) is 7.80. The molecule has 1 aliphatic rings. The lowest BCUT2D eigenvalue weighted by Gasteiger charge is -2.38. The van der Waals surface area contributed by atoms with Crippen LogP contribution in [0, 0.1) is 0 Å². The normalized spacial score (nSPS) is 19.3. The number of nitrogens with zero attached hydrogens (tertiary/aromatic N) is 3. The number of benzene rings is 1. The third-order valence-electron chi connectivity index (χ3n) is 5.21. The molecule has 0 bridgehead atoms. The van der Waals surface area contributed by atoms with Crippen molar-refractivity contribution in [1.29, 1.82) is 0 Å². The van der Waals surface area contributed by atoms with Crippen molar-refractivity contribution in [2.24, 2.45) is 0 Å². The van der Waals surface area contributed by atoms with Crippen LogP contribution in [-0.2, 0) is 4.79 Å². The third kappa shape index (κ3) is 3.60. The number of amides is 1. The van der Waals surface area contributed by atoms with Crippen LogP contribution in [-0.4, -0.2) is 33.2 Å². The van der Waals surface area contributed by atoms with Crippen molar-refractivity contribution in [3.63, 3.8) is 0 Å². The second-order valence-corrected chi connectivity index (χ2v) is 7.20. The molecule has 144 valence electrons. The van der Waals surface area contributed by atoms with Gasteiger partial charge in [-0.1, -0.05) is 18.2 Å². The molecule has 1 aliphatic carbocycles. The lowest BCUT2D eigenvalue weighted by atomic mass is 9.89. The van der Waals surface area contributed by atoms with Gasteiger partial charge in [-0.15, -0.1) is 0 Å². The predicted octanol–water partition coefficient (Wildman–Crippen LogP) is 2.90. The molecule has 1 saturated carbocycles. The predicted molar refractivity (Wildman–Crippen MR) is 109 cm³/mol. The lowest BCUT2D eigenvalue weighted by Crippen LogP contribution is -2.44. The fourth-order valence-corrected chi connectivity index (χ4v) is 4.06. The fraction of sp³-hybridized carbons (Fsp3) is 0.333. The van der Waals surface area contributed by atoms with E-state index >= 15 is 0 Å². The Morgan fingerprint density at radius 1 is 1.18 bits per heavy atom. The van der Waals surface area contributed by atoms with Gasteiger partial charge in [0.2, 0.25) is 5.91 Å². The molecule has 28 heavy (non-hydrogen) atoms. The molecule has 0 aliphatic heterocycles. The topological polar surface area (TPSA) is 91.0 Å². The minimum absolute atomic E-state index is 0.00815. The zero-order chi connectivity index (χ0) is 19.5. The molecular weight excluding hydrogens is 354 g/mol. The molecule has 7 nitrogen and oxygen atoms in total. The van der Waals surface area contributed by atoms with E-state index in [0.717, 1.165) is 31.4 Å².